The Morgan fingerprint density at radius 1 is 0.943 bits per heavy atom. The molecule has 186 valence electrons. The van der Waals surface area contributed by atoms with E-state index in [1.807, 2.05) is 32.0 Å². The van der Waals surface area contributed by atoms with E-state index in [1.54, 1.807) is 24.3 Å². The van der Waals surface area contributed by atoms with Crippen molar-refractivity contribution >= 4 is 56.4 Å². The van der Waals surface area contributed by atoms with Gasteiger partial charge >= 0.3 is 0 Å². The fourth-order valence-corrected chi connectivity index (χ4v) is 4.99. The van der Waals surface area contributed by atoms with Crippen molar-refractivity contribution < 1.29 is 17.9 Å². The van der Waals surface area contributed by atoms with Gasteiger partial charge in [0.2, 0.25) is 10.0 Å². The first-order valence-electron chi connectivity index (χ1n) is 10.6. The van der Waals surface area contributed by atoms with E-state index in [0.717, 1.165) is 27.4 Å². The van der Waals surface area contributed by atoms with Crippen LogP contribution < -0.4 is 14.4 Å². The zero-order valence-electron chi connectivity index (χ0n) is 19.4. The Balaban J connectivity index is 1.63. The van der Waals surface area contributed by atoms with E-state index in [1.165, 1.54) is 12.1 Å². The molecule has 0 radical (unpaired) electrons. The van der Waals surface area contributed by atoms with Gasteiger partial charge in [0.15, 0.2) is 0 Å². The Morgan fingerprint density at radius 2 is 1.60 bits per heavy atom. The fraction of sp³-hybridized carbons (Fsp3) is 0.240. The molecule has 35 heavy (non-hydrogen) atoms. The number of hydrogen-bond acceptors (Lipinski definition) is 4. The lowest BCUT2D eigenvalue weighted by Crippen LogP contribution is -2.30. The zero-order valence-corrected chi connectivity index (χ0v) is 22.5. The number of carbonyl (C=O) groups is 1. The number of nitrogens with one attached hydrogen (secondary N) is 1. The highest BCUT2D eigenvalue weighted by molar-refractivity contribution is 7.92. The third-order valence-corrected chi connectivity index (χ3v) is 7.33. The molecule has 1 N–H and O–H groups in total. The van der Waals surface area contributed by atoms with Crippen LogP contribution >= 0.6 is 34.8 Å². The molecule has 0 aliphatic heterocycles. The van der Waals surface area contributed by atoms with E-state index in [0.29, 0.717) is 24.3 Å². The number of hydrogen-bond donors (Lipinski definition) is 1. The predicted molar refractivity (Wildman–Crippen MR) is 143 cm³/mol. The molecule has 0 saturated heterocycles. The van der Waals surface area contributed by atoms with Gasteiger partial charge in [-0.3, -0.25) is 9.10 Å². The second-order valence-electron chi connectivity index (χ2n) is 8.06. The van der Waals surface area contributed by atoms with Crippen molar-refractivity contribution in [2.45, 2.75) is 20.4 Å². The Hall–Kier alpha value is -2.45. The number of aryl methyl sites for hydroxylation is 2. The molecule has 0 saturated carbocycles. The largest absolute Gasteiger partial charge is 0.491 e. The molecule has 0 unspecified atom stereocenters. The predicted octanol–water partition coefficient (Wildman–Crippen LogP) is 6.04. The lowest BCUT2D eigenvalue weighted by molar-refractivity contribution is 0.0947. The third kappa shape index (κ3) is 7.27. The number of ether oxygens (including phenoxy) is 1. The first-order chi connectivity index (χ1) is 16.5. The normalized spacial score (nSPS) is 11.3. The smallest absolute Gasteiger partial charge is 0.251 e. The second-order valence-corrected chi connectivity index (χ2v) is 11.2. The van der Waals surface area contributed by atoms with Gasteiger partial charge in [-0.1, -0.05) is 64.6 Å². The molecule has 6 nitrogen and oxygen atoms in total. The van der Waals surface area contributed by atoms with Gasteiger partial charge in [0.1, 0.15) is 12.4 Å². The highest BCUT2D eigenvalue weighted by Gasteiger charge is 2.22. The van der Waals surface area contributed by atoms with Gasteiger partial charge in [-0.25, -0.2) is 8.42 Å². The average Bonchev–Trinajstić information content (AvgIpc) is 2.78. The summed E-state index contributed by atoms with van der Waals surface area (Å²) in [5.74, 6) is 0.528. The maximum absolute atomic E-state index is 12.5. The Bertz CT molecular complexity index is 1330. The molecule has 0 bridgehead atoms. The van der Waals surface area contributed by atoms with E-state index >= 15 is 0 Å². The first-order valence-corrected chi connectivity index (χ1v) is 13.6. The maximum atomic E-state index is 12.5. The van der Waals surface area contributed by atoms with E-state index < -0.39 is 10.0 Å². The minimum absolute atomic E-state index is 0.00214. The molecule has 3 rings (SSSR count). The second kappa shape index (κ2) is 11.5. The lowest BCUT2D eigenvalue weighted by atomic mass is 10.1. The molecule has 0 aliphatic rings. The Morgan fingerprint density at radius 3 is 2.23 bits per heavy atom. The summed E-state index contributed by atoms with van der Waals surface area (Å²) in [5, 5.41) is 3.38. The zero-order chi connectivity index (χ0) is 25.8. The lowest BCUT2D eigenvalue weighted by Gasteiger charge is -2.24. The van der Waals surface area contributed by atoms with Gasteiger partial charge < -0.3 is 10.1 Å². The van der Waals surface area contributed by atoms with Crippen molar-refractivity contribution in [1.29, 1.82) is 0 Å². The van der Waals surface area contributed by atoms with Gasteiger partial charge in [-0.05, 0) is 55.3 Å². The molecule has 0 fully saturated rings. The summed E-state index contributed by atoms with van der Waals surface area (Å²) in [5.41, 5.74) is 3.52. The molecular formula is C25H25Cl3N2O4S. The summed E-state index contributed by atoms with van der Waals surface area (Å²) < 4.78 is 31.8. The van der Waals surface area contributed by atoms with Crippen LogP contribution in [-0.2, 0) is 16.6 Å². The number of benzene rings is 3. The number of amides is 1. The van der Waals surface area contributed by atoms with Crippen molar-refractivity contribution in [1.82, 2.24) is 5.32 Å². The van der Waals surface area contributed by atoms with Crippen molar-refractivity contribution in [2.24, 2.45) is 0 Å². The number of anilines is 1. The summed E-state index contributed by atoms with van der Waals surface area (Å²) in [6, 6.07) is 15.4. The highest BCUT2D eigenvalue weighted by atomic mass is 35.5. The quantitative estimate of drug-likeness (QED) is 0.258. The first kappa shape index (κ1) is 27.1. The summed E-state index contributed by atoms with van der Waals surface area (Å²) in [7, 11) is -3.68. The SMILES string of the molecule is Cc1ccc(OCCNC(=O)c2ccc(CN(c3cc(Cl)c(Cl)cc3Cl)S(C)(=O)=O)cc2)c(C)c1. The Labute approximate surface area is 220 Å². The van der Waals surface area contributed by atoms with Crippen LogP contribution in [0, 0.1) is 13.8 Å². The Kier molecular flexibility index (Phi) is 8.94. The standard InChI is InChI=1S/C25H25Cl3N2O4S/c1-16-4-9-24(17(2)12-16)34-11-10-29-25(31)19-7-5-18(6-8-19)15-30(35(3,32)33)23-14-21(27)20(26)13-22(23)28/h4-9,12-14H,10-11,15H2,1-3H3,(H,29,31). The van der Waals surface area contributed by atoms with Crippen LogP contribution in [0.4, 0.5) is 5.69 Å². The minimum atomic E-state index is -3.68. The topological polar surface area (TPSA) is 75.7 Å². The maximum Gasteiger partial charge on any atom is 0.251 e. The van der Waals surface area contributed by atoms with Crippen LogP contribution in [0.1, 0.15) is 27.0 Å². The summed E-state index contributed by atoms with van der Waals surface area (Å²) in [6.07, 6.45) is 1.08. The molecule has 0 atom stereocenters. The average molecular weight is 556 g/mol. The van der Waals surface area contributed by atoms with Gasteiger partial charge in [-0.2, -0.15) is 0 Å². The van der Waals surface area contributed by atoms with Gasteiger partial charge in [0, 0.05) is 5.56 Å². The van der Waals surface area contributed by atoms with E-state index in [4.69, 9.17) is 39.5 Å². The van der Waals surface area contributed by atoms with E-state index in [9.17, 15) is 13.2 Å². The summed E-state index contributed by atoms with van der Waals surface area (Å²) in [6.45, 7) is 4.67. The molecule has 3 aromatic carbocycles. The molecule has 3 aromatic rings. The molecule has 0 spiro atoms. The molecule has 0 heterocycles. The van der Waals surface area contributed by atoms with Crippen molar-refractivity contribution in [3.8, 4) is 5.75 Å². The molecule has 1 amide bonds. The van der Waals surface area contributed by atoms with Gasteiger partial charge in [0.25, 0.3) is 5.91 Å². The van der Waals surface area contributed by atoms with Crippen LogP contribution in [0.3, 0.4) is 0 Å². The highest BCUT2D eigenvalue weighted by Crippen LogP contribution is 2.36. The van der Waals surface area contributed by atoms with Crippen molar-refractivity contribution in [2.75, 3.05) is 23.7 Å². The number of halogens is 3. The van der Waals surface area contributed by atoms with Gasteiger partial charge in [0.05, 0.1) is 40.1 Å². The third-order valence-electron chi connectivity index (χ3n) is 5.18. The molecular weight excluding hydrogens is 531 g/mol. The van der Waals surface area contributed by atoms with Crippen LogP contribution in [0.5, 0.6) is 5.75 Å². The number of carbonyl (C=O) groups excluding carboxylic acids is 1. The summed E-state index contributed by atoms with van der Waals surface area (Å²) >= 11 is 18.3. The minimum Gasteiger partial charge on any atom is -0.491 e. The van der Waals surface area contributed by atoms with E-state index in [-0.39, 0.29) is 33.2 Å². The number of nitrogens with zero attached hydrogens (tertiary/aromatic N) is 1. The number of sulfonamides is 1. The van der Waals surface area contributed by atoms with Crippen LogP contribution in [0.15, 0.2) is 54.6 Å². The van der Waals surface area contributed by atoms with Crippen molar-refractivity contribution in [3.63, 3.8) is 0 Å². The molecule has 10 heteroatoms. The van der Waals surface area contributed by atoms with Crippen LogP contribution in [0.25, 0.3) is 0 Å². The van der Waals surface area contributed by atoms with E-state index in [2.05, 4.69) is 5.32 Å². The molecule has 0 aromatic heterocycles. The van der Waals surface area contributed by atoms with Crippen LogP contribution in [0.2, 0.25) is 15.1 Å². The molecule has 0 aliphatic carbocycles. The fourth-order valence-electron chi connectivity index (χ4n) is 3.40. The number of rotatable bonds is 9. The van der Waals surface area contributed by atoms with Gasteiger partial charge in [-0.15, -0.1) is 0 Å². The monoisotopic (exact) mass is 554 g/mol. The van der Waals surface area contributed by atoms with Crippen molar-refractivity contribution in [3.05, 3.63) is 91.9 Å². The van der Waals surface area contributed by atoms with Crippen LogP contribution in [-0.4, -0.2) is 33.7 Å². The summed E-state index contributed by atoms with van der Waals surface area (Å²) in [4.78, 5) is 12.5.